The second-order valence-electron chi connectivity index (χ2n) is 5.47. The minimum atomic E-state index is -0.230. The first-order valence-electron chi connectivity index (χ1n) is 7.80. The predicted molar refractivity (Wildman–Crippen MR) is 93.6 cm³/mol. The first-order valence-corrected chi connectivity index (χ1v) is 7.80. The van der Waals surface area contributed by atoms with Crippen molar-refractivity contribution in [3.8, 4) is 6.07 Å². The molecule has 1 aromatic carbocycles. The second kappa shape index (κ2) is 8.53. The summed E-state index contributed by atoms with van der Waals surface area (Å²) in [5.74, 6) is 0.523. The van der Waals surface area contributed by atoms with Gasteiger partial charge in [0, 0.05) is 19.3 Å². The summed E-state index contributed by atoms with van der Waals surface area (Å²) < 4.78 is 0. The number of aromatic nitrogens is 1. The molecular formula is C18H21N5O. The number of rotatable bonds is 6. The minimum absolute atomic E-state index is 0.0699. The van der Waals surface area contributed by atoms with Crippen molar-refractivity contribution in [3.63, 3.8) is 0 Å². The van der Waals surface area contributed by atoms with E-state index in [0.717, 1.165) is 5.56 Å². The van der Waals surface area contributed by atoms with Crippen LogP contribution in [0, 0.1) is 18.3 Å². The molecule has 124 valence electrons. The first kappa shape index (κ1) is 17.3. The Labute approximate surface area is 141 Å². The van der Waals surface area contributed by atoms with Gasteiger partial charge in [-0.25, -0.2) is 9.78 Å². The number of carbonyl (C=O) groups is 1. The van der Waals surface area contributed by atoms with Crippen LogP contribution in [0.1, 0.15) is 29.7 Å². The van der Waals surface area contributed by atoms with Crippen molar-refractivity contribution in [3.05, 3.63) is 59.3 Å². The Hall–Kier alpha value is -3.07. The van der Waals surface area contributed by atoms with Gasteiger partial charge >= 0.3 is 6.03 Å². The highest BCUT2D eigenvalue weighted by Gasteiger charge is 2.08. The zero-order valence-corrected chi connectivity index (χ0v) is 13.8. The van der Waals surface area contributed by atoms with Gasteiger partial charge in [0.05, 0.1) is 11.6 Å². The molecule has 0 bridgehead atoms. The highest BCUT2D eigenvalue weighted by molar-refractivity contribution is 5.74. The van der Waals surface area contributed by atoms with Crippen LogP contribution in [0.3, 0.4) is 0 Å². The number of benzene rings is 1. The molecule has 3 N–H and O–H groups in total. The summed E-state index contributed by atoms with van der Waals surface area (Å²) in [6.07, 6.45) is 1.62. The molecule has 0 spiro atoms. The lowest BCUT2D eigenvalue weighted by Crippen LogP contribution is -2.39. The van der Waals surface area contributed by atoms with E-state index in [2.05, 4.69) is 27.0 Å². The van der Waals surface area contributed by atoms with Gasteiger partial charge in [-0.1, -0.05) is 29.8 Å². The van der Waals surface area contributed by atoms with Crippen LogP contribution in [0.2, 0.25) is 0 Å². The number of anilines is 1. The van der Waals surface area contributed by atoms with E-state index in [-0.39, 0.29) is 12.1 Å². The third-order valence-electron chi connectivity index (χ3n) is 3.56. The minimum Gasteiger partial charge on any atom is -0.367 e. The molecule has 0 saturated heterocycles. The largest absolute Gasteiger partial charge is 0.367 e. The number of hydrogen-bond donors (Lipinski definition) is 3. The number of urea groups is 1. The Kier molecular flexibility index (Phi) is 6.15. The summed E-state index contributed by atoms with van der Waals surface area (Å²) >= 11 is 0. The van der Waals surface area contributed by atoms with Gasteiger partial charge in [0.1, 0.15) is 11.9 Å². The topological polar surface area (TPSA) is 89.8 Å². The molecular weight excluding hydrogens is 302 g/mol. The van der Waals surface area contributed by atoms with Gasteiger partial charge in [-0.2, -0.15) is 5.26 Å². The SMILES string of the molecule is Cc1ccc(C(C)NC(=O)NCCNc2ncccc2C#N)cc1. The van der Waals surface area contributed by atoms with Gasteiger partial charge in [0.2, 0.25) is 0 Å². The van der Waals surface area contributed by atoms with Crippen LogP contribution in [0.4, 0.5) is 10.6 Å². The van der Waals surface area contributed by atoms with E-state index in [1.165, 1.54) is 5.56 Å². The quantitative estimate of drug-likeness (QED) is 0.713. The summed E-state index contributed by atoms with van der Waals surface area (Å²) in [7, 11) is 0. The van der Waals surface area contributed by atoms with Crippen molar-refractivity contribution in [1.82, 2.24) is 15.6 Å². The van der Waals surface area contributed by atoms with Crippen molar-refractivity contribution >= 4 is 11.8 Å². The number of nitriles is 1. The Morgan fingerprint density at radius 2 is 2.00 bits per heavy atom. The maximum absolute atomic E-state index is 11.9. The van der Waals surface area contributed by atoms with Gasteiger partial charge in [-0.3, -0.25) is 0 Å². The lowest BCUT2D eigenvalue weighted by atomic mass is 10.1. The van der Waals surface area contributed by atoms with Gasteiger partial charge < -0.3 is 16.0 Å². The van der Waals surface area contributed by atoms with Crippen LogP contribution in [-0.4, -0.2) is 24.1 Å². The maximum atomic E-state index is 11.9. The summed E-state index contributed by atoms with van der Waals surface area (Å²) in [5.41, 5.74) is 2.73. The van der Waals surface area contributed by atoms with Gasteiger partial charge in [-0.05, 0) is 31.5 Å². The maximum Gasteiger partial charge on any atom is 0.315 e. The molecule has 24 heavy (non-hydrogen) atoms. The normalized spacial score (nSPS) is 11.2. The van der Waals surface area contributed by atoms with Crippen LogP contribution < -0.4 is 16.0 Å². The first-order chi connectivity index (χ1) is 11.6. The Morgan fingerprint density at radius 1 is 1.25 bits per heavy atom. The number of amides is 2. The molecule has 1 atom stereocenters. The van der Waals surface area contributed by atoms with E-state index < -0.39 is 0 Å². The number of hydrogen-bond acceptors (Lipinski definition) is 4. The molecule has 0 aliphatic rings. The molecule has 1 aromatic heterocycles. The van der Waals surface area contributed by atoms with Crippen LogP contribution in [-0.2, 0) is 0 Å². The molecule has 2 amide bonds. The molecule has 1 unspecified atom stereocenters. The summed E-state index contributed by atoms with van der Waals surface area (Å²) in [6, 6.07) is 13.2. The third-order valence-corrected chi connectivity index (χ3v) is 3.56. The van der Waals surface area contributed by atoms with Crippen LogP contribution >= 0.6 is 0 Å². The van der Waals surface area contributed by atoms with Gasteiger partial charge in [0.15, 0.2) is 0 Å². The Balaban J connectivity index is 1.73. The number of nitrogens with one attached hydrogen (secondary N) is 3. The number of pyridine rings is 1. The van der Waals surface area contributed by atoms with E-state index in [4.69, 9.17) is 5.26 Å². The van der Waals surface area contributed by atoms with Crippen molar-refractivity contribution in [2.75, 3.05) is 18.4 Å². The molecule has 0 aliphatic heterocycles. The van der Waals surface area contributed by atoms with E-state index in [0.29, 0.717) is 24.5 Å². The molecule has 6 heteroatoms. The molecule has 2 aromatic rings. The molecule has 6 nitrogen and oxygen atoms in total. The fourth-order valence-electron chi connectivity index (χ4n) is 2.18. The van der Waals surface area contributed by atoms with Crippen molar-refractivity contribution in [2.24, 2.45) is 0 Å². The van der Waals surface area contributed by atoms with E-state index in [9.17, 15) is 4.79 Å². The zero-order chi connectivity index (χ0) is 17.4. The number of nitrogens with zero attached hydrogens (tertiary/aromatic N) is 2. The monoisotopic (exact) mass is 323 g/mol. The van der Waals surface area contributed by atoms with Crippen LogP contribution in [0.5, 0.6) is 0 Å². The van der Waals surface area contributed by atoms with E-state index in [1.54, 1.807) is 18.3 Å². The molecule has 1 heterocycles. The molecule has 0 fully saturated rings. The zero-order valence-electron chi connectivity index (χ0n) is 13.8. The smallest absolute Gasteiger partial charge is 0.315 e. The van der Waals surface area contributed by atoms with Crippen molar-refractivity contribution < 1.29 is 4.79 Å². The fraction of sp³-hybridized carbons (Fsp3) is 0.278. The van der Waals surface area contributed by atoms with E-state index in [1.807, 2.05) is 38.1 Å². The molecule has 0 radical (unpaired) electrons. The highest BCUT2D eigenvalue weighted by atomic mass is 16.2. The van der Waals surface area contributed by atoms with Crippen molar-refractivity contribution in [2.45, 2.75) is 19.9 Å². The van der Waals surface area contributed by atoms with Gasteiger partial charge in [0.25, 0.3) is 0 Å². The van der Waals surface area contributed by atoms with Crippen LogP contribution in [0.25, 0.3) is 0 Å². The van der Waals surface area contributed by atoms with Crippen LogP contribution in [0.15, 0.2) is 42.6 Å². The fourth-order valence-corrected chi connectivity index (χ4v) is 2.18. The van der Waals surface area contributed by atoms with E-state index >= 15 is 0 Å². The average molecular weight is 323 g/mol. The molecule has 0 saturated carbocycles. The third kappa shape index (κ3) is 4.99. The van der Waals surface area contributed by atoms with Gasteiger partial charge in [-0.15, -0.1) is 0 Å². The Bertz CT molecular complexity index is 721. The predicted octanol–water partition coefficient (Wildman–Crippen LogP) is 2.73. The summed E-state index contributed by atoms with van der Waals surface area (Å²) in [6.45, 7) is 4.88. The second-order valence-corrected chi connectivity index (χ2v) is 5.47. The lowest BCUT2D eigenvalue weighted by molar-refractivity contribution is 0.238. The standard InChI is InChI=1S/C18H21N5O/c1-13-5-7-15(8-6-13)14(2)23-18(24)22-11-10-21-17-16(12-19)4-3-9-20-17/h3-9,14H,10-11H2,1-2H3,(H,20,21)(H2,22,23,24). The number of carbonyl (C=O) groups excluding carboxylic acids is 1. The summed E-state index contributed by atoms with van der Waals surface area (Å²) in [4.78, 5) is 16.0. The Morgan fingerprint density at radius 3 is 2.71 bits per heavy atom. The summed E-state index contributed by atoms with van der Waals surface area (Å²) in [5, 5.41) is 17.7. The number of aryl methyl sites for hydroxylation is 1. The highest BCUT2D eigenvalue weighted by Crippen LogP contribution is 2.12. The molecule has 2 rings (SSSR count). The van der Waals surface area contributed by atoms with Crippen molar-refractivity contribution in [1.29, 1.82) is 5.26 Å². The average Bonchev–Trinajstić information content (AvgIpc) is 2.59. The molecule has 0 aliphatic carbocycles. The lowest BCUT2D eigenvalue weighted by Gasteiger charge is -2.15.